The van der Waals surface area contributed by atoms with Crippen molar-refractivity contribution in [3.8, 4) is 28.6 Å². The van der Waals surface area contributed by atoms with Gasteiger partial charge in [0.15, 0.2) is 5.76 Å². The summed E-state index contributed by atoms with van der Waals surface area (Å²) in [5.74, 6) is -1.20. The maximum absolute atomic E-state index is 13.1. The van der Waals surface area contributed by atoms with Crippen LogP contribution in [-0.2, 0) is 4.74 Å². The van der Waals surface area contributed by atoms with Crippen molar-refractivity contribution < 1.29 is 39.4 Å². The molecule has 4 atom stereocenters. The van der Waals surface area contributed by atoms with Crippen molar-refractivity contribution in [3.05, 3.63) is 52.7 Å². The molecule has 1 aliphatic rings. The second kappa shape index (κ2) is 7.37. The summed E-state index contributed by atoms with van der Waals surface area (Å²) in [6.07, 6.45) is -5.94. The lowest BCUT2D eigenvalue weighted by Crippen LogP contribution is -2.55. The highest BCUT2D eigenvalue weighted by atomic mass is 16.7. The Kier molecular flexibility index (Phi) is 4.89. The Morgan fingerprint density at radius 3 is 2.45 bits per heavy atom. The minimum Gasteiger partial charge on any atom is -0.508 e. The fourth-order valence-corrected chi connectivity index (χ4v) is 3.15. The lowest BCUT2D eigenvalue weighted by atomic mass is 10.1. The molecule has 1 saturated heterocycles. The molecule has 0 bridgehead atoms. The average Bonchev–Trinajstić information content (AvgIpc) is 2.70. The molecule has 1 aromatic heterocycles. The van der Waals surface area contributed by atoms with Crippen molar-refractivity contribution in [2.24, 2.45) is 0 Å². The Balaban J connectivity index is 1.89. The standard InChI is InChI=1S/C20H18O9/c21-10-6-11(22)14-13(7-10)28-18(9-4-2-1-3-5-9)19(16(14)25)29-20-17(26)15(24)12(23)8-27-20/h1-7,12,15,17,20-24,26H,8H2/t12-,15-,17+,20-/m1/s1. The van der Waals surface area contributed by atoms with E-state index in [-0.39, 0.29) is 34.8 Å². The van der Waals surface area contributed by atoms with Crippen LogP contribution in [0, 0.1) is 0 Å². The van der Waals surface area contributed by atoms with Crippen LogP contribution in [0.1, 0.15) is 0 Å². The van der Waals surface area contributed by atoms with E-state index in [9.17, 15) is 30.3 Å². The molecule has 9 nitrogen and oxygen atoms in total. The van der Waals surface area contributed by atoms with E-state index < -0.39 is 35.8 Å². The molecule has 4 rings (SSSR count). The number of hydrogen-bond acceptors (Lipinski definition) is 9. The summed E-state index contributed by atoms with van der Waals surface area (Å²) in [4.78, 5) is 13.1. The van der Waals surface area contributed by atoms with E-state index in [1.165, 1.54) is 6.07 Å². The SMILES string of the molecule is O=c1c(O[C@H]2OC[C@@H](O)[C@@H](O)[C@@H]2O)c(-c2ccccc2)oc2cc(O)cc(O)c12. The molecule has 1 fully saturated rings. The highest BCUT2D eigenvalue weighted by Crippen LogP contribution is 2.36. The van der Waals surface area contributed by atoms with Gasteiger partial charge >= 0.3 is 0 Å². The van der Waals surface area contributed by atoms with Crippen LogP contribution >= 0.6 is 0 Å². The first kappa shape index (κ1) is 19.2. The zero-order valence-corrected chi connectivity index (χ0v) is 14.9. The minimum atomic E-state index is -1.63. The molecule has 0 radical (unpaired) electrons. The van der Waals surface area contributed by atoms with Gasteiger partial charge in [-0.15, -0.1) is 0 Å². The summed E-state index contributed by atoms with van der Waals surface area (Å²) >= 11 is 0. The molecule has 29 heavy (non-hydrogen) atoms. The number of hydrogen-bond donors (Lipinski definition) is 5. The van der Waals surface area contributed by atoms with E-state index in [2.05, 4.69) is 0 Å². The van der Waals surface area contributed by atoms with E-state index >= 15 is 0 Å². The van der Waals surface area contributed by atoms with Gasteiger partial charge in [-0.25, -0.2) is 0 Å². The molecule has 2 heterocycles. The van der Waals surface area contributed by atoms with Crippen LogP contribution in [-0.4, -0.2) is 56.7 Å². The lowest BCUT2D eigenvalue weighted by Gasteiger charge is -2.34. The molecular weight excluding hydrogens is 384 g/mol. The second-order valence-corrected chi connectivity index (χ2v) is 6.66. The lowest BCUT2D eigenvalue weighted by molar-refractivity contribution is -0.242. The summed E-state index contributed by atoms with van der Waals surface area (Å²) in [7, 11) is 0. The number of benzene rings is 2. The first-order valence-electron chi connectivity index (χ1n) is 8.77. The number of phenolic OH excluding ortho intramolecular Hbond substituents is 2. The minimum absolute atomic E-state index is 0.0236. The van der Waals surface area contributed by atoms with E-state index in [1.807, 2.05) is 0 Å². The quantitative estimate of drug-likeness (QED) is 0.426. The fraction of sp³-hybridized carbons (Fsp3) is 0.250. The van der Waals surface area contributed by atoms with Crippen molar-refractivity contribution in [2.45, 2.75) is 24.6 Å². The van der Waals surface area contributed by atoms with Crippen LogP contribution in [0.2, 0.25) is 0 Å². The molecule has 0 amide bonds. The zero-order valence-electron chi connectivity index (χ0n) is 14.9. The Bertz CT molecular complexity index is 1090. The largest absolute Gasteiger partial charge is 0.508 e. The smallest absolute Gasteiger partial charge is 0.239 e. The first-order chi connectivity index (χ1) is 13.9. The van der Waals surface area contributed by atoms with Gasteiger partial charge in [0, 0.05) is 17.7 Å². The van der Waals surface area contributed by atoms with Gasteiger partial charge < -0.3 is 39.4 Å². The monoisotopic (exact) mass is 402 g/mol. The number of aliphatic hydroxyl groups excluding tert-OH is 3. The van der Waals surface area contributed by atoms with Crippen molar-refractivity contribution in [2.75, 3.05) is 6.61 Å². The van der Waals surface area contributed by atoms with Crippen LogP contribution < -0.4 is 10.2 Å². The Morgan fingerprint density at radius 1 is 1.00 bits per heavy atom. The topological polar surface area (TPSA) is 150 Å². The number of aromatic hydroxyl groups is 2. The fourth-order valence-electron chi connectivity index (χ4n) is 3.15. The van der Waals surface area contributed by atoms with Gasteiger partial charge in [-0.1, -0.05) is 30.3 Å². The highest BCUT2D eigenvalue weighted by Gasteiger charge is 2.40. The Morgan fingerprint density at radius 2 is 1.72 bits per heavy atom. The van der Waals surface area contributed by atoms with Gasteiger partial charge in [-0.05, 0) is 0 Å². The number of ether oxygens (including phenoxy) is 2. The summed E-state index contributed by atoms with van der Waals surface area (Å²) in [6.45, 7) is -0.318. The number of aliphatic hydroxyl groups is 3. The number of fused-ring (bicyclic) bond motifs is 1. The van der Waals surface area contributed by atoms with Crippen LogP contribution in [0.25, 0.3) is 22.3 Å². The molecule has 152 valence electrons. The van der Waals surface area contributed by atoms with Gasteiger partial charge in [0.05, 0.1) is 6.61 Å². The van der Waals surface area contributed by atoms with Gasteiger partial charge in [0.2, 0.25) is 17.5 Å². The highest BCUT2D eigenvalue weighted by molar-refractivity contribution is 5.88. The van der Waals surface area contributed by atoms with Crippen molar-refractivity contribution in [3.63, 3.8) is 0 Å². The number of phenols is 2. The van der Waals surface area contributed by atoms with Crippen LogP contribution in [0.5, 0.6) is 17.2 Å². The number of rotatable bonds is 3. The third kappa shape index (κ3) is 3.40. The van der Waals surface area contributed by atoms with Gasteiger partial charge in [0.25, 0.3) is 0 Å². The molecule has 0 aliphatic carbocycles. The average molecular weight is 402 g/mol. The van der Waals surface area contributed by atoms with E-state index in [0.29, 0.717) is 5.56 Å². The molecular formula is C20H18O9. The third-order valence-corrected chi connectivity index (χ3v) is 4.64. The summed E-state index contributed by atoms with van der Waals surface area (Å²) < 4.78 is 16.5. The molecule has 1 aliphatic heterocycles. The second-order valence-electron chi connectivity index (χ2n) is 6.66. The van der Waals surface area contributed by atoms with Crippen molar-refractivity contribution in [1.29, 1.82) is 0 Å². The first-order valence-corrected chi connectivity index (χ1v) is 8.77. The van der Waals surface area contributed by atoms with Crippen LogP contribution in [0.3, 0.4) is 0 Å². The third-order valence-electron chi connectivity index (χ3n) is 4.64. The maximum Gasteiger partial charge on any atom is 0.239 e. The van der Waals surface area contributed by atoms with Gasteiger partial charge in [0.1, 0.15) is 40.8 Å². The summed E-state index contributed by atoms with van der Waals surface area (Å²) in [6, 6.07) is 10.6. The maximum atomic E-state index is 13.1. The summed E-state index contributed by atoms with van der Waals surface area (Å²) in [5.41, 5.74) is -0.381. The molecule has 0 unspecified atom stereocenters. The van der Waals surface area contributed by atoms with Crippen LogP contribution in [0.4, 0.5) is 0 Å². The molecule has 2 aromatic carbocycles. The van der Waals surface area contributed by atoms with Crippen molar-refractivity contribution in [1.82, 2.24) is 0 Å². The normalized spacial score (nSPS) is 24.5. The van der Waals surface area contributed by atoms with E-state index in [0.717, 1.165) is 6.07 Å². The van der Waals surface area contributed by atoms with Crippen molar-refractivity contribution >= 4 is 11.0 Å². The van der Waals surface area contributed by atoms with Gasteiger partial charge in [-0.3, -0.25) is 4.79 Å². The predicted octanol–water partition coefficient (Wildman–Crippen LogP) is 0.689. The molecule has 0 saturated carbocycles. The summed E-state index contributed by atoms with van der Waals surface area (Å²) in [5, 5.41) is 49.2. The predicted molar refractivity (Wildman–Crippen MR) is 99.6 cm³/mol. The van der Waals surface area contributed by atoms with Gasteiger partial charge in [-0.2, -0.15) is 0 Å². The van der Waals surface area contributed by atoms with E-state index in [1.54, 1.807) is 30.3 Å². The molecule has 0 spiro atoms. The zero-order chi connectivity index (χ0) is 20.7. The Hall–Kier alpha value is -3.11. The molecule has 3 aromatic rings. The Labute approximate surface area is 163 Å². The molecule has 5 N–H and O–H groups in total. The molecule has 9 heteroatoms. The van der Waals surface area contributed by atoms with Crippen LogP contribution in [0.15, 0.2) is 51.7 Å². The van der Waals surface area contributed by atoms with E-state index in [4.69, 9.17) is 13.9 Å².